The zero-order valence-corrected chi connectivity index (χ0v) is 21.4. The normalized spacial score (nSPS) is 53.3. The maximum atomic E-state index is 10.7. The first-order chi connectivity index (χ1) is 19.4. The van der Waals surface area contributed by atoms with E-state index in [1.165, 1.54) is 0 Å². The molecule has 0 amide bonds. The quantitative estimate of drug-likeness (QED) is 0.122. The predicted octanol–water partition coefficient (Wildman–Crippen LogP) is -8.47. The van der Waals surface area contributed by atoms with Gasteiger partial charge in [0, 0.05) is 0 Å². The standard InChI is InChI=1S/C22H38O19/c23-1-5-9(25)12(28)16(32)21(37-5)40-8-4-36-20(15(31)11(8)27)41-18-6(2-24)38-22(17(33)13(18)29)39-7-3-35-19(34)14(30)10(7)26/h5-34H,1-4H2/t5-,6-,7-,8-,9-,10+,11+,12+,13-,14-,15-,16-,17-,18-,19?,20+,21+,22+/m1/s1. The first-order valence-electron chi connectivity index (χ1n) is 12.9. The molecular weight excluding hydrogens is 568 g/mol. The zero-order chi connectivity index (χ0) is 30.2. The fourth-order valence-corrected chi connectivity index (χ4v) is 4.92. The lowest BCUT2D eigenvalue weighted by Crippen LogP contribution is -2.65. The molecule has 4 aliphatic heterocycles. The zero-order valence-electron chi connectivity index (χ0n) is 21.4. The van der Waals surface area contributed by atoms with E-state index in [1.54, 1.807) is 0 Å². The summed E-state index contributed by atoms with van der Waals surface area (Å²) in [6.45, 7) is -2.41. The largest absolute Gasteiger partial charge is 0.394 e. The van der Waals surface area contributed by atoms with E-state index in [9.17, 15) is 61.3 Å². The monoisotopic (exact) mass is 606 g/mol. The molecule has 0 aromatic carbocycles. The fraction of sp³-hybridized carbons (Fsp3) is 1.00. The molecule has 19 heteroatoms. The number of aliphatic hydroxyl groups excluding tert-OH is 12. The minimum absolute atomic E-state index is 0.405. The first-order valence-corrected chi connectivity index (χ1v) is 12.9. The van der Waals surface area contributed by atoms with Crippen molar-refractivity contribution in [3.8, 4) is 0 Å². The van der Waals surface area contributed by atoms with Gasteiger partial charge in [0.1, 0.15) is 85.5 Å². The third-order valence-corrected chi connectivity index (χ3v) is 7.47. The van der Waals surface area contributed by atoms with Gasteiger partial charge in [-0.3, -0.25) is 0 Å². The highest BCUT2D eigenvalue weighted by Gasteiger charge is 2.52. The summed E-state index contributed by atoms with van der Waals surface area (Å²) >= 11 is 0. The van der Waals surface area contributed by atoms with Gasteiger partial charge in [-0.05, 0) is 0 Å². The van der Waals surface area contributed by atoms with Crippen LogP contribution in [0.15, 0.2) is 0 Å². The smallest absolute Gasteiger partial charge is 0.187 e. The van der Waals surface area contributed by atoms with Crippen LogP contribution >= 0.6 is 0 Å². The van der Waals surface area contributed by atoms with E-state index < -0.39 is 137 Å². The van der Waals surface area contributed by atoms with E-state index in [0.29, 0.717) is 0 Å². The van der Waals surface area contributed by atoms with E-state index in [2.05, 4.69) is 0 Å². The minimum atomic E-state index is -1.86. The Kier molecular flexibility index (Phi) is 11.2. The van der Waals surface area contributed by atoms with Crippen molar-refractivity contribution in [2.24, 2.45) is 0 Å². The lowest BCUT2D eigenvalue weighted by Gasteiger charge is -2.47. The molecule has 0 saturated carbocycles. The van der Waals surface area contributed by atoms with Crippen LogP contribution in [0.4, 0.5) is 0 Å². The molecular formula is C22H38O19. The molecule has 0 radical (unpaired) electrons. The molecule has 4 aliphatic rings. The summed E-state index contributed by atoms with van der Waals surface area (Å²) < 4.78 is 37.3. The molecule has 1 unspecified atom stereocenters. The van der Waals surface area contributed by atoms with Crippen LogP contribution in [-0.4, -0.2) is 198 Å². The van der Waals surface area contributed by atoms with E-state index in [4.69, 9.17) is 33.2 Å². The van der Waals surface area contributed by atoms with E-state index in [-0.39, 0.29) is 0 Å². The van der Waals surface area contributed by atoms with Crippen LogP contribution in [0.3, 0.4) is 0 Å². The third kappa shape index (κ3) is 6.83. The van der Waals surface area contributed by atoms with Crippen molar-refractivity contribution in [3.05, 3.63) is 0 Å². The van der Waals surface area contributed by atoms with Crippen molar-refractivity contribution in [2.45, 2.75) is 111 Å². The van der Waals surface area contributed by atoms with Crippen molar-refractivity contribution in [2.75, 3.05) is 26.4 Å². The molecule has 0 aromatic rings. The van der Waals surface area contributed by atoms with Crippen LogP contribution in [0.25, 0.3) is 0 Å². The second kappa shape index (κ2) is 13.9. The van der Waals surface area contributed by atoms with Gasteiger partial charge < -0.3 is 94.4 Å². The number of hydrogen-bond acceptors (Lipinski definition) is 19. The van der Waals surface area contributed by atoms with Crippen LogP contribution in [0.2, 0.25) is 0 Å². The second-order valence-electron chi connectivity index (χ2n) is 10.2. The Bertz CT molecular complexity index is 820. The van der Waals surface area contributed by atoms with Gasteiger partial charge in [-0.15, -0.1) is 0 Å². The summed E-state index contributed by atoms with van der Waals surface area (Å²) in [5.41, 5.74) is 0. The van der Waals surface area contributed by atoms with Crippen LogP contribution in [0.5, 0.6) is 0 Å². The molecule has 0 spiro atoms. The van der Waals surface area contributed by atoms with Crippen molar-refractivity contribution >= 4 is 0 Å². The lowest BCUT2D eigenvalue weighted by molar-refractivity contribution is -0.373. The van der Waals surface area contributed by atoms with Crippen LogP contribution in [-0.2, 0) is 33.2 Å². The summed E-state index contributed by atoms with van der Waals surface area (Å²) in [5, 5.41) is 121. The Labute approximate surface area is 232 Å². The van der Waals surface area contributed by atoms with E-state index >= 15 is 0 Å². The molecule has 19 nitrogen and oxygen atoms in total. The number of ether oxygens (including phenoxy) is 7. The lowest BCUT2D eigenvalue weighted by atomic mass is 9.97. The summed E-state index contributed by atoms with van der Waals surface area (Å²) in [4.78, 5) is 0. The molecule has 4 fully saturated rings. The summed E-state index contributed by atoms with van der Waals surface area (Å²) in [6.07, 6.45) is -29.4. The van der Waals surface area contributed by atoms with Crippen LogP contribution < -0.4 is 0 Å². The molecule has 240 valence electrons. The molecule has 4 rings (SSSR count). The molecule has 41 heavy (non-hydrogen) atoms. The average molecular weight is 607 g/mol. The summed E-state index contributed by atoms with van der Waals surface area (Å²) in [6, 6.07) is 0. The van der Waals surface area contributed by atoms with Crippen molar-refractivity contribution in [1.29, 1.82) is 0 Å². The van der Waals surface area contributed by atoms with Gasteiger partial charge in [0.2, 0.25) is 0 Å². The fourth-order valence-electron chi connectivity index (χ4n) is 4.92. The SMILES string of the molecule is OC[C@H]1O[C@@H](O[C@@H]2CO[C@@H](O[C@H]3[C@H](O)[C@@H](O)[C@H](O[C@@H]4COC(O)[C@H](O)[C@H]4O)O[C@@H]3CO)[C@H](O)[C@H]2O)[C@H](O)[C@@H](O)[C@@H]1O. The number of rotatable bonds is 8. The second-order valence-corrected chi connectivity index (χ2v) is 10.2. The topological polar surface area (TPSA) is 307 Å². The maximum Gasteiger partial charge on any atom is 0.187 e. The predicted molar refractivity (Wildman–Crippen MR) is 122 cm³/mol. The van der Waals surface area contributed by atoms with Crippen LogP contribution in [0, 0.1) is 0 Å². The molecule has 0 aromatic heterocycles. The van der Waals surface area contributed by atoms with E-state index in [1.807, 2.05) is 0 Å². The third-order valence-electron chi connectivity index (χ3n) is 7.47. The van der Waals surface area contributed by atoms with Crippen molar-refractivity contribution in [1.82, 2.24) is 0 Å². The molecule has 0 bridgehead atoms. The maximum absolute atomic E-state index is 10.7. The molecule has 0 aliphatic carbocycles. The molecule has 18 atom stereocenters. The Hall–Kier alpha value is -0.760. The number of hydrogen-bond donors (Lipinski definition) is 12. The highest BCUT2D eigenvalue weighted by atomic mass is 16.8. The van der Waals surface area contributed by atoms with Gasteiger partial charge in [0.25, 0.3) is 0 Å². The van der Waals surface area contributed by atoms with Gasteiger partial charge in [-0.2, -0.15) is 0 Å². The number of aliphatic hydroxyl groups is 12. The molecule has 4 heterocycles. The van der Waals surface area contributed by atoms with Crippen molar-refractivity contribution < 1.29 is 94.4 Å². The van der Waals surface area contributed by atoms with Gasteiger partial charge >= 0.3 is 0 Å². The Morgan fingerprint density at radius 3 is 1.54 bits per heavy atom. The Balaban J connectivity index is 1.35. The van der Waals surface area contributed by atoms with Gasteiger partial charge in [-0.25, -0.2) is 0 Å². The molecule has 12 N–H and O–H groups in total. The summed E-state index contributed by atoms with van der Waals surface area (Å²) in [5.74, 6) is 0. The van der Waals surface area contributed by atoms with Crippen LogP contribution in [0.1, 0.15) is 0 Å². The average Bonchev–Trinajstić information content (AvgIpc) is 2.96. The van der Waals surface area contributed by atoms with Gasteiger partial charge in [-0.1, -0.05) is 0 Å². The van der Waals surface area contributed by atoms with Crippen molar-refractivity contribution in [3.63, 3.8) is 0 Å². The minimum Gasteiger partial charge on any atom is -0.394 e. The van der Waals surface area contributed by atoms with Gasteiger partial charge in [0.15, 0.2) is 25.2 Å². The van der Waals surface area contributed by atoms with E-state index in [0.717, 1.165) is 0 Å². The first kappa shape index (κ1) is 33.1. The summed E-state index contributed by atoms with van der Waals surface area (Å²) in [7, 11) is 0. The highest BCUT2D eigenvalue weighted by molar-refractivity contribution is 4.95. The van der Waals surface area contributed by atoms with Gasteiger partial charge in [0.05, 0.1) is 26.4 Å². The Morgan fingerprint density at radius 2 is 0.951 bits per heavy atom. The highest BCUT2D eigenvalue weighted by Crippen LogP contribution is 2.31. The molecule has 4 saturated heterocycles. The Morgan fingerprint density at radius 1 is 0.463 bits per heavy atom.